The van der Waals surface area contributed by atoms with Crippen LogP contribution < -0.4 is 5.73 Å². The topological polar surface area (TPSA) is 66.6 Å². The SMILES string of the molecule is NC(=O)C1CCN(CC(=O)N2CCC[C@H]2c2ccsc2)CC1. The fraction of sp³-hybridized carbons (Fsp3) is 0.625. The molecule has 0 aromatic carbocycles. The smallest absolute Gasteiger partial charge is 0.237 e. The average Bonchev–Trinajstić information content (AvgIpc) is 3.18. The van der Waals surface area contributed by atoms with Crippen molar-refractivity contribution in [2.24, 2.45) is 11.7 Å². The number of primary amides is 1. The maximum absolute atomic E-state index is 12.6. The first-order valence-corrected chi connectivity index (χ1v) is 8.92. The third-order valence-electron chi connectivity index (χ3n) is 4.85. The van der Waals surface area contributed by atoms with E-state index in [1.807, 2.05) is 4.90 Å². The zero-order valence-electron chi connectivity index (χ0n) is 12.7. The van der Waals surface area contributed by atoms with E-state index in [0.29, 0.717) is 6.54 Å². The van der Waals surface area contributed by atoms with Crippen molar-refractivity contribution in [1.82, 2.24) is 9.80 Å². The van der Waals surface area contributed by atoms with Crippen LogP contribution in [0.3, 0.4) is 0 Å². The Labute approximate surface area is 135 Å². The number of rotatable bonds is 4. The van der Waals surface area contributed by atoms with Gasteiger partial charge in [-0.25, -0.2) is 0 Å². The Hall–Kier alpha value is -1.40. The Balaban J connectivity index is 1.55. The van der Waals surface area contributed by atoms with Gasteiger partial charge in [0, 0.05) is 12.5 Å². The van der Waals surface area contributed by atoms with Crippen molar-refractivity contribution in [3.8, 4) is 0 Å². The van der Waals surface area contributed by atoms with Crippen LogP contribution in [0.2, 0.25) is 0 Å². The molecule has 1 atom stereocenters. The molecule has 6 heteroatoms. The molecule has 1 aromatic rings. The lowest BCUT2D eigenvalue weighted by atomic mass is 9.96. The number of carbonyl (C=O) groups excluding carboxylic acids is 2. The summed E-state index contributed by atoms with van der Waals surface area (Å²) in [6.07, 6.45) is 3.69. The normalized spacial score (nSPS) is 23.8. The average molecular weight is 321 g/mol. The summed E-state index contributed by atoms with van der Waals surface area (Å²) >= 11 is 1.69. The molecule has 1 aromatic heterocycles. The Bertz CT molecular complexity index is 524. The number of nitrogens with zero attached hydrogens (tertiary/aromatic N) is 2. The maximum atomic E-state index is 12.6. The van der Waals surface area contributed by atoms with E-state index >= 15 is 0 Å². The molecule has 0 bridgehead atoms. The zero-order chi connectivity index (χ0) is 15.5. The monoisotopic (exact) mass is 321 g/mol. The highest BCUT2D eigenvalue weighted by Crippen LogP contribution is 2.33. The van der Waals surface area contributed by atoms with Crippen LogP contribution in [0, 0.1) is 5.92 Å². The number of carbonyl (C=O) groups is 2. The maximum Gasteiger partial charge on any atom is 0.237 e. The molecular weight excluding hydrogens is 298 g/mol. The summed E-state index contributed by atoms with van der Waals surface area (Å²) in [6.45, 7) is 2.90. The van der Waals surface area contributed by atoms with Crippen LogP contribution in [-0.2, 0) is 9.59 Å². The second kappa shape index (κ2) is 6.79. The third kappa shape index (κ3) is 3.33. The number of hydrogen-bond acceptors (Lipinski definition) is 4. The first kappa shape index (κ1) is 15.5. The lowest BCUT2D eigenvalue weighted by molar-refractivity contribution is -0.133. The molecule has 120 valence electrons. The van der Waals surface area contributed by atoms with Crippen LogP contribution >= 0.6 is 11.3 Å². The van der Waals surface area contributed by atoms with Crippen molar-refractivity contribution in [3.05, 3.63) is 22.4 Å². The molecule has 2 aliphatic heterocycles. The summed E-state index contributed by atoms with van der Waals surface area (Å²) < 4.78 is 0. The van der Waals surface area contributed by atoms with Gasteiger partial charge in [0.15, 0.2) is 0 Å². The van der Waals surface area contributed by atoms with Gasteiger partial charge in [0.25, 0.3) is 0 Å². The molecule has 0 unspecified atom stereocenters. The highest BCUT2D eigenvalue weighted by Gasteiger charge is 2.32. The summed E-state index contributed by atoms with van der Waals surface area (Å²) in [4.78, 5) is 28.0. The van der Waals surface area contributed by atoms with Crippen molar-refractivity contribution in [1.29, 1.82) is 0 Å². The fourth-order valence-corrected chi connectivity index (χ4v) is 4.24. The minimum Gasteiger partial charge on any atom is -0.369 e. The van der Waals surface area contributed by atoms with Crippen molar-refractivity contribution in [3.63, 3.8) is 0 Å². The molecule has 2 N–H and O–H groups in total. The first-order valence-electron chi connectivity index (χ1n) is 7.98. The Morgan fingerprint density at radius 2 is 2.00 bits per heavy atom. The molecule has 2 fully saturated rings. The molecule has 0 spiro atoms. The number of likely N-dealkylation sites (tertiary alicyclic amines) is 2. The van der Waals surface area contributed by atoms with E-state index in [2.05, 4.69) is 21.7 Å². The van der Waals surface area contributed by atoms with Gasteiger partial charge in [0.05, 0.1) is 12.6 Å². The van der Waals surface area contributed by atoms with E-state index < -0.39 is 0 Å². The lowest BCUT2D eigenvalue weighted by Crippen LogP contribution is -2.44. The lowest BCUT2D eigenvalue weighted by Gasteiger charge is -2.32. The minimum absolute atomic E-state index is 0.0170. The van der Waals surface area contributed by atoms with Crippen molar-refractivity contribution >= 4 is 23.2 Å². The second-order valence-corrected chi connectivity index (χ2v) is 7.03. The number of amides is 2. The predicted octanol–water partition coefficient (Wildman–Crippen LogP) is 1.61. The van der Waals surface area contributed by atoms with E-state index in [9.17, 15) is 9.59 Å². The number of hydrogen-bond donors (Lipinski definition) is 1. The summed E-state index contributed by atoms with van der Waals surface area (Å²) in [5.74, 6) is -0.00837. The van der Waals surface area contributed by atoms with Gasteiger partial charge in [0.2, 0.25) is 11.8 Å². The summed E-state index contributed by atoms with van der Waals surface area (Å²) in [7, 11) is 0. The molecule has 3 heterocycles. The van der Waals surface area contributed by atoms with E-state index in [0.717, 1.165) is 45.3 Å². The van der Waals surface area contributed by atoms with Gasteiger partial charge in [-0.15, -0.1) is 0 Å². The molecule has 0 saturated carbocycles. The number of thiophene rings is 1. The van der Waals surface area contributed by atoms with Crippen molar-refractivity contribution in [2.45, 2.75) is 31.7 Å². The van der Waals surface area contributed by atoms with E-state index in [1.54, 1.807) is 11.3 Å². The van der Waals surface area contributed by atoms with Gasteiger partial charge in [-0.3, -0.25) is 14.5 Å². The van der Waals surface area contributed by atoms with E-state index in [1.165, 1.54) is 5.56 Å². The minimum atomic E-state index is -0.206. The van der Waals surface area contributed by atoms with Crippen LogP contribution in [0.1, 0.15) is 37.3 Å². The molecule has 2 aliphatic rings. The van der Waals surface area contributed by atoms with Crippen LogP contribution in [-0.4, -0.2) is 47.8 Å². The van der Waals surface area contributed by atoms with Gasteiger partial charge in [0.1, 0.15) is 0 Å². The van der Waals surface area contributed by atoms with Crippen LogP contribution in [0.15, 0.2) is 16.8 Å². The zero-order valence-corrected chi connectivity index (χ0v) is 13.6. The highest BCUT2D eigenvalue weighted by atomic mass is 32.1. The van der Waals surface area contributed by atoms with Crippen LogP contribution in [0.4, 0.5) is 0 Å². The summed E-state index contributed by atoms with van der Waals surface area (Å²) in [5, 5.41) is 4.22. The third-order valence-corrected chi connectivity index (χ3v) is 5.55. The molecule has 0 aliphatic carbocycles. The summed E-state index contributed by atoms with van der Waals surface area (Å²) in [5.41, 5.74) is 6.62. The molecule has 0 radical (unpaired) electrons. The van der Waals surface area contributed by atoms with Crippen molar-refractivity contribution < 1.29 is 9.59 Å². The van der Waals surface area contributed by atoms with E-state index in [-0.39, 0.29) is 23.8 Å². The molecule has 5 nitrogen and oxygen atoms in total. The first-order chi connectivity index (χ1) is 10.6. The Morgan fingerprint density at radius 3 is 2.64 bits per heavy atom. The molecule has 22 heavy (non-hydrogen) atoms. The largest absolute Gasteiger partial charge is 0.369 e. The van der Waals surface area contributed by atoms with Gasteiger partial charge in [-0.2, -0.15) is 11.3 Å². The summed E-state index contributed by atoms with van der Waals surface area (Å²) in [6, 6.07) is 2.38. The Kier molecular flexibility index (Phi) is 4.78. The van der Waals surface area contributed by atoms with Gasteiger partial charge in [-0.05, 0) is 61.2 Å². The van der Waals surface area contributed by atoms with Crippen molar-refractivity contribution in [2.75, 3.05) is 26.2 Å². The standard InChI is InChI=1S/C16H23N3O2S/c17-16(21)12-3-7-18(8-4-12)10-15(20)19-6-1-2-14(19)13-5-9-22-11-13/h5,9,11-12,14H,1-4,6-8,10H2,(H2,17,21)/t14-/m0/s1. The fourth-order valence-electron chi connectivity index (χ4n) is 3.53. The molecular formula is C16H23N3O2S. The predicted molar refractivity (Wildman–Crippen MR) is 86.4 cm³/mol. The van der Waals surface area contributed by atoms with Gasteiger partial charge in [-0.1, -0.05) is 0 Å². The number of piperidine rings is 1. The van der Waals surface area contributed by atoms with Gasteiger partial charge >= 0.3 is 0 Å². The number of nitrogens with two attached hydrogens (primary N) is 1. The molecule has 3 rings (SSSR count). The Morgan fingerprint density at radius 1 is 1.23 bits per heavy atom. The van der Waals surface area contributed by atoms with Crippen LogP contribution in [0.5, 0.6) is 0 Å². The van der Waals surface area contributed by atoms with E-state index in [4.69, 9.17) is 5.73 Å². The molecule has 2 saturated heterocycles. The highest BCUT2D eigenvalue weighted by molar-refractivity contribution is 7.07. The molecule has 2 amide bonds. The van der Waals surface area contributed by atoms with Crippen LogP contribution in [0.25, 0.3) is 0 Å². The quantitative estimate of drug-likeness (QED) is 0.916. The second-order valence-electron chi connectivity index (χ2n) is 6.25. The van der Waals surface area contributed by atoms with Gasteiger partial charge < -0.3 is 10.6 Å².